The fourth-order valence-electron chi connectivity index (χ4n) is 8.36. The van der Waals surface area contributed by atoms with Crippen molar-refractivity contribution < 1.29 is 24.5 Å². The number of nitrogens with one attached hydrogen (secondary N) is 1. The molecule has 3 N–H and O–H groups in total. The Balaban J connectivity index is 4.55. The van der Waals surface area contributed by atoms with Gasteiger partial charge in [0.05, 0.1) is 25.2 Å². The number of aliphatic hydroxyl groups excluding tert-OH is 2. The molecule has 0 fully saturated rings. The average Bonchev–Trinajstić information content (AvgIpc) is 3.25. The molecule has 0 aromatic rings. The summed E-state index contributed by atoms with van der Waals surface area (Å²) in [6.07, 6.45) is 56.7. The SMILES string of the molecule is CCCCCCCC/C=C/CCCCCCCCCC(=O)OC(CCCCCCC/C=C/CCCCCCCC)CC(=O)NC(CO)C(O)CCCCCCCCCCCC. The second-order valence-corrected chi connectivity index (χ2v) is 18.6. The maximum atomic E-state index is 13.2. The third-order valence-corrected chi connectivity index (χ3v) is 12.5. The van der Waals surface area contributed by atoms with Crippen LogP contribution >= 0.6 is 0 Å². The summed E-state index contributed by atoms with van der Waals surface area (Å²) in [5, 5.41) is 23.7. The maximum absolute atomic E-state index is 13.2. The molecule has 0 saturated heterocycles. The van der Waals surface area contributed by atoms with Gasteiger partial charge in [0.2, 0.25) is 5.91 Å². The maximum Gasteiger partial charge on any atom is 0.306 e. The molecule has 1 amide bonds. The van der Waals surface area contributed by atoms with Gasteiger partial charge in [-0.05, 0) is 77.0 Å². The van der Waals surface area contributed by atoms with Crippen molar-refractivity contribution >= 4 is 11.9 Å². The van der Waals surface area contributed by atoms with Gasteiger partial charge in [0.1, 0.15) is 6.10 Å². The van der Waals surface area contributed by atoms with Gasteiger partial charge in [0.25, 0.3) is 0 Å². The lowest BCUT2D eigenvalue weighted by molar-refractivity contribution is -0.151. The zero-order chi connectivity index (χ0) is 44.5. The van der Waals surface area contributed by atoms with Crippen molar-refractivity contribution in [2.45, 2.75) is 309 Å². The molecule has 0 heterocycles. The highest BCUT2D eigenvalue weighted by Crippen LogP contribution is 2.18. The lowest BCUT2D eigenvalue weighted by Crippen LogP contribution is -2.46. The number of carbonyl (C=O) groups is 2. The normalized spacial score (nSPS) is 13.3. The van der Waals surface area contributed by atoms with E-state index in [-0.39, 0.29) is 24.9 Å². The predicted octanol–water partition coefficient (Wildman–Crippen LogP) is 16.3. The molecule has 0 radical (unpaired) electrons. The first-order chi connectivity index (χ1) is 30.0. The smallest absolute Gasteiger partial charge is 0.306 e. The van der Waals surface area contributed by atoms with E-state index >= 15 is 0 Å². The second-order valence-electron chi connectivity index (χ2n) is 18.6. The molecule has 0 spiro atoms. The third-order valence-electron chi connectivity index (χ3n) is 12.5. The van der Waals surface area contributed by atoms with Gasteiger partial charge in [0.15, 0.2) is 0 Å². The number of esters is 1. The van der Waals surface area contributed by atoms with E-state index in [1.807, 2.05) is 0 Å². The zero-order valence-corrected chi connectivity index (χ0v) is 41.1. The highest BCUT2D eigenvalue weighted by atomic mass is 16.5. The molecule has 6 nitrogen and oxygen atoms in total. The van der Waals surface area contributed by atoms with E-state index in [4.69, 9.17) is 4.74 Å². The Hall–Kier alpha value is -1.66. The molecule has 6 heteroatoms. The summed E-state index contributed by atoms with van der Waals surface area (Å²) in [6, 6.07) is -0.700. The molecule has 0 aliphatic heterocycles. The molecule has 0 rings (SSSR count). The van der Waals surface area contributed by atoms with Crippen molar-refractivity contribution in [3.05, 3.63) is 24.3 Å². The average molecular weight is 860 g/mol. The molecular weight excluding hydrogens is 755 g/mol. The number of allylic oxidation sites excluding steroid dienone is 4. The number of aliphatic hydroxyl groups is 2. The monoisotopic (exact) mass is 860 g/mol. The van der Waals surface area contributed by atoms with E-state index in [0.29, 0.717) is 19.3 Å². The molecule has 61 heavy (non-hydrogen) atoms. The summed E-state index contributed by atoms with van der Waals surface area (Å²) in [4.78, 5) is 26.2. The predicted molar refractivity (Wildman–Crippen MR) is 264 cm³/mol. The van der Waals surface area contributed by atoms with E-state index in [1.54, 1.807) is 0 Å². The molecule has 0 saturated carbocycles. The minimum atomic E-state index is -0.786. The van der Waals surface area contributed by atoms with Crippen LogP contribution in [0.3, 0.4) is 0 Å². The quantitative estimate of drug-likeness (QED) is 0.0322. The lowest BCUT2D eigenvalue weighted by atomic mass is 10.0. The molecule has 0 aliphatic carbocycles. The summed E-state index contributed by atoms with van der Waals surface area (Å²) in [5.41, 5.74) is 0. The van der Waals surface area contributed by atoms with Crippen molar-refractivity contribution in [1.29, 1.82) is 0 Å². The number of ether oxygens (including phenoxy) is 1. The van der Waals surface area contributed by atoms with Crippen molar-refractivity contribution in [1.82, 2.24) is 5.32 Å². The van der Waals surface area contributed by atoms with Crippen molar-refractivity contribution in [3.8, 4) is 0 Å². The van der Waals surface area contributed by atoms with Crippen LogP contribution in [-0.4, -0.2) is 46.9 Å². The molecular formula is C55H105NO5. The van der Waals surface area contributed by atoms with Crippen LogP contribution in [0.25, 0.3) is 0 Å². The topological polar surface area (TPSA) is 95.9 Å². The Morgan fingerprint density at radius 1 is 0.459 bits per heavy atom. The molecule has 3 unspecified atom stereocenters. The first-order valence-corrected chi connectivity index (χ1v) is 27.1. The standard InChI is InChI=1S/C55H105NO5/c1-4-7-10-13-16-19-22-24-26-27-29-31-33-36-39-42-45-48-55(60)61-51(46-43-40-37-34-32-30-28-25-23-20-17-14-11-8-5-2)49-54(59)56-52(50-57)53(58)47-44-41-38-35-21-18-15-12-9-6-3/h24-26,28,51-53,57-58H,4-23,27,29-50H2,1-3H3,(H,56,59)/b26-24+,28-25+. The van der Waals surface area contributed by atoms with E-state index < -0.39 is 18.2 Å². The summed E-state index contributed by atoms with van der Waals surface area (Å²) in [5.74, 6) is -0.474. The Morgan fingerprint density at radius 2 is 0.787 bits per heavy atom. The number of rotatable bonds is 49. The minimum Gasteiger partial charge on any atom is -0.462 e. The van der Waals surface area contributed by atoms with Crippen LogP contribution in [0.4, 0.5) is 0 Å². The van der Waals surface area contributed by atoms with Crippen LogP contribution < -0.4 is 5.32 Å². The van der Waals surface area contributed by atoms with Crippen LogP contribution in [0, 0.1) is 0 Å². The van der Waals surface area contributed by atoms with Crippen LogP contribution in [0.15, 0.2) is 24.3 Å². The summed E-state index contributed by atoms with van der Waals surface area (Å²) in [7, 11) is 0. The summed E-state index contributed by atoms with van der Waals surface area (Å²) < 4.78 is 5.94. The lowest BCUT2D eigenvalue weighted by Gasteiger charge is -2.24. The van der Waals surface area contributed by atoms with Gasteiger partial charge in [-0.15, -0.1) is 0 Å². The fourth-order valence-corrected chi connectivity index (χ4v) is 8.36. The molecule has 0 aromatic heterocycles. The van der Waals surface area contributed by atoms with Crippen LogP contribution in [0.2, 0.25) is 0 Å². The van der Waals surface area contributed by atoms with Crippen molar-refractivity contribution in [3.63, 3.8) is 0 Å². The molecule has 0 aromatic carbocycles. The Labute approximate surface area is 380 Å². The minimum absolute atomic E-state index is 0.0743. The first-order valence-electron chi connectivity index (χ1n) is 27.1. The molecule has 0 aliphatic rings. The van der Waals surface area contributed by atoms with Gasteiger partial charge in [-0.25, -0.2) is 0 Å². The third kappa shape index (κ3) is 44.7. The van der Waals surface area contributed by atoms with Crippen LogP contribution in [-0.2, 0) is 14.3 Å². The largest absolute Gasteiger partial charge is 0.462 e. The van der Waals surface area contributed by atoms with E-state index in [1.165, 1.54) is 180 Å². The van der Waals surface area contributed by atoms with E-state index in [2.05, 4.69) is 50.4 Å². The van der Waals surface area contributed by atoms with Gasteiger partial charge in [-0.1, -0.05) is 225 Å². The summed E-state index contributed by atoms with van der Waals surface area (Å²) >= 11 is 0. The highest BCUT2D eigenvalue weighted by Gasteiger charge is 2.24. The van der Waals surface area contributed by atoms with Gasteiger partial charge in [-0.2, -0.15) is 0 Å². The Morgan fingerprint density at radius 3 is 1.16 bits per heavy atom. The first kappa shape index (κ1) is 59.3. The van der Waals surface area contributed by atoms with Gasteiger partial charge < -0.3 is 20.3 Å². The number of unbranched alkanes of at least 4 members (excludes halogenated alkanes) is 33. The van der Waals surface area contributed by atoms with Crippen molar-refractivity contribution in [2.75, 3.05) is 6.61 Å². The van der Waals surface area contributed by atoms with Crippen molar-refractivity contribution in [2.24, 2.45) is 0 Å². The zero-order valence-electron chi connectivity index (χ0n) is 41.1. The molecule has 0 bridgehead atoms. The second kappa shape index (κ2) is 49.4. The summed E-state index contributed by atoms with van der Waals surface area (Å²) in [6.45, 7) is 6.48. The number of carbonyl (C=O) groups excluding carboxylic acids is 2. The van der Waals surface area contributed by atoms with Crippen LogP contribution in [0.5, 0.6) is 0 Å². The Kier molecular flexibility index (Phi) is 48.0. The van der Waals surface area contributed by atoms with Gasteiger partial charge in [-0.3, -0.25) is 9.59 Å². The van der Waals surface area contributed by atoms with E-state index in [0.717, 1.165) is 64.2 Å². The van der Waals surface area contributed by atoms with Gasteiger partial charge >= 0.3 is 5.97 Å². The Bertz CT molecular complexity index is 966. The number of hydrogen-bond acceptors (Lipinski definition) is 5. The fraction of sp³-hybridized carbons (Fsp3) is 0.891. The molecule has 360 valence electrons. The van der Waals surface area contributed by atoms with E-state index in [9.17, 15) is 19.8 Å². The molecule has 3 atom stereocenters. The number of amides is 1. The van der Waals surface area contributed by atoms with Crippen LogP contribution in [0.1, 0.15) is 290 Å². The number of hydrogen-bond donors (Lipinski definition) is 3. The highest BCUT2D eigenvalue weighted by molar-refractivity contribution is 5.77. The van der Waals surface area contributed by atoms with Gasteiger partial charge in [0, 0.05) is 6.42 Å².